The van der Waals surface area contributed by atoms with Gasteiger partial charge in [-0.05, 0) is 32.0 Å². The van der Waals surface area contributed by atoms with Crippen molar-refractivity contribution in [3.8, 4) is 0 Å². The number of carbonyl (C=O) groups excluding carboxylic acids is 1. The molecule has 0 fully saturated rings. The van der Waals surface area contributed by atoms with E-state index in [2.05, 4.69) is 5.32 Å². The Kier molecular flexibility index (Phi) is 4.80. The Morgan fingerprint density at radius 3 is 2.26 bits per heavy atom. The van der Waals surface area contributed by atoms with Gasteiger partial charge in [0.2, 0.25) is 0 Å². The molecule has 106 valence electrons. The smallest absolute Gasteiger partial charge is 0.387 e. The average molecular weight is 274 g/mol. The van der Waals surface area contributed by atoms with Crippen LogP contribution in [-0.2, 0) is 6.18 Å². The van der Waals surface area contributed by atoms with Crippen LogP contribution in [0.1, 0.15) is 29.8 Å². The van der Waals surface area contributed by atoms with Crippen molar-refractivity contribution < 1.29 is 18.0 Å². The number of nitrogens with zero attached hydrogens (tertiary/aromatic N) is 1. The molecule has 1 N–H and O–H groups in total. The quantitative estimate of drug-likeness (QED) is 0.914. The normalized spacial score (nSPS) is 11.3. The molecule has 0 aliphatic heterocycles. The van der Waals surface area contributed by atoms with Crippen molar-refractivity contribution in [1.82, 2.24) is 4.90 Å². The minimum Gasteiger partial charge on any atom is -0.387 e. The first-order valence-electron chi connectivity index (χ1n) is 6.03. The lowest BCUT2D eigenvalue weighted by atomic mass is 10.1. The molecule has 0 atom stereocenters. The molecule has 6 heteroatoms. The Balaban J connectivity index is 3.27. The highest BCUT2D eigenvalue weighted by molar-refractivity contribution is 5.99. The first-order valence-corrected chi connectivity index (χ1v) is 6.03. The van der Waals surface area contributed by atoms with Gasteiger partial charge in [-0.15, -0.1) is 0 Å². The van der Waals surface area contributed by atoms with Gasteiger partial charge in [0, 0.05) is 25.8 Å². The molecular formula is C13H17F3N2O. The molecule has 1 rings (SSSR count). The molecule has 0 radical (unpaired) electrons. The lowest BCUT2D eigenvalue weighted by molar-refractivity contribution is -0.137. The molecule has 1 aromatic carbocycles. The molecule has 0 saturated carbocycles. The number of nitrogens with one attached hydrogen (secondary N) is 1. The number of halogens is 3. The molecule has 0 aliphatic rings. The van der Waals surface area contributed by atoms with Gasteiger partial charge in [0.1, 0.15) is 0 Å². The summed E-state index contributed by atoms with van der Waals surface area (Å²) in [5.74, 6) is -0.402. The van der Waals surface area contributed by atoms with E-state index in [-0.39, 0.29) is 5.56 Å². The summed E-state index contributed by atoms with van der Waals surface area (Å²) in [4.78, 5) is 13.7. The van der Waals surface area contributed by atoms with E-state index in [0.717, 1.165) is 12.1 Å². The maximum Gasteiger partial charge on any atom is 0.416 e. The minimum absolute atomic E-state index is 0.0426. The minimum atomic E-state index is -4.45. The first-order chi connectivity index (χ1) is 8.85. The summed E-state index contributed by atoms with van der Waals surface area (Å²) >= 11 is 0. The lowest BCUT2D eigenvalue weighted by Gasteiger charge is -2.21. The Morgan fingerprint density at radius 2 is 1.84 bits per heavy atom. The van der Waals surface area contributed by atoms with Crippen LogP contribution in [0.4, 0.5) is 18.9 Å². The van der Waals surface area contributed by atoms with E-state index < -0.39 is 17.6 Å². The summed E-state index contributed by atoms with van der Waals surface area (Å²) in [6.45, 7) is 4.48. The van der Waals surface area contributed by atoms with Gasteiger partial charge in [-0.1, -0.05) is 0 Å². The SMILES string of the molecule is CCN(CC)C(=O)c1cc(C(F)(F)F)ccc1NC. The molecule has 1 aromatic rings. The molecule has 0 bridgehead atoms. The van der Waals surface area contributed by atoms with E-state index in [1.54, 1.807) is 20.9 Å². The van der Waals surface area contributed by atoms with Crippen LogP contribution in [0.15, 0.2) is 18.2 Å². The zero-order valence-electron chi connectivity index (χ0n) is 11.1. The molecular weight excluding hydrogens is 257 g/mol. The molecule has 0 unspecified atom stereocenters. The Bertz CT molecular complexity index is 454. The van der Waals surface area contributed by atoms with Crippen molar-refractivity contribution in [1.29, 1.82) is 0 Å². The van der Waals surface area contributed by atoms with Crippen LogP contribution in [0.2, 0.25) is 0 Å². The van der Waals surface area contributed by atoms with Gasteiger partial charge in [-0.2, -0.15) is 13.2 Å². The zero-order chi connectivity index (χ0) is 14.6. The third-order valence-electron chi connectivity index (χ3n) is 2.90. The summed E-state index contributed by atoms with van der Waals surface area (Å²) in [5.41, 5.74) is -0.382. The molecule has 3 nitrogen and oxygen atoms in total. The van der Waals surface area contributed by atoms with E-state index in [4.69, 9.17) is 0 Å². The second kappa shape index (κ2) is 5.95. The van der Waals surface area contributed by atoms with Crippen molar-refractivity contribution in [2.45, 2.75) is 20.0 Å². The fourth-order valence-electron chi connectivity index (χ4n) is 1.80. The fourth-order valence-corrected chi connectivity index (χ4v) is 1.80. The maximum atomic E-state index is 12.7. The van der Waals surface area contributed by atoms with Crippen LogP contribution in [-0.4, -0.2) is 30.9 Å². The monoisotopic (exact) mass is 274 g/mol. The molecule has 0 spiro atoms. The molecule has 0 aromatic heterocycles. The number of benzene rings is 1. The van der Waals surface area contributed by atoms with Gasteiger partial charge >= 0.3 is 6.18 Å². The number of alkyl halides is 3. The maximum absolute atomic E-state index is 12.7. The van der Waals surface area contributed by atoms with E-state index in [0.29, 0.717) is 18.8 Å². The van der Waals surface area contributed by atoms with Gasteiger partial charge in [-0.25, -0.2) is 0 Å². The van der Waals surface area contributed by atoms with Gasteiger partial charge in [0.15, 0.2) is 0 Å². The van der Waals surface area contributed by atoms with Crippen LogP contribution in [0, 0.1) is 0 Å². The van der Waals surface area contributed by atoms with E-state index in [9.17, 15) is 18.0 Å². The number of carbonyl (C=O) groups is 1. The third-order valence-corrected chi connectivity index (χ3v) is 2.90. The number of amides is 1. The van der Waals surface area contributed by atoms with Crippen molar-refractivity contribution in [3.05, 3.63) is 29.3 Å². The molecule has 1 amide bonds. The van der Waals surface area contributed by atoms with Crippen LogP contribution in [0.5, 0.6) is 0 Å². The van der Waals surface area contributed by atoms with Crippen LogP contribution in [0.25, 0.3) is 0 Å². The second-order valence-corrected chi connectivity index (χ2v) is 3.99. The topological polar surface area (TPSA) is 32.3 Å². The number of hydrogen-bond donors (Lipinski definition) is 1. The third kappa shape index (κ3) is 3.39. The van der Waals surface area contributed by atoms with E-state index in [1.807, 2.05) is 0 Å². The highest BCUT2D eigenvalue weighted by Crippen LogP contribution is 2.32. The summed E-state index contributed by atoms with van der Waals surface area (Å²) < 4.78 is 38.1. The van der Waals surface area contributed by atoms with Crippen molar-refractivity contribution in [2.75, 3.05) is 25.5 Å². The summed E-state index contributed by atoms with van der Waals surface area (Å²) in [6, 6.07) is 3.14. The lowest BCUT2D eigenvalue weighted by Crippen LogP contribution is -2.31. The molecule has 19 heavy (non-hydrogen) atoms. The fraction of sp³-hybridized carbons (Fsp3) is 0.462. The zero-order valence-corrected chi connectivity index (χ0v) is 11.1. The van der Waals surface area contributed by atoms with Gasteiger partial charge < -0.3 is 10.2 Å². The van der Waals surface area contributed by atoms with E-state index in [1.165, 1.54) is 11.0 Å². The molecule has 0 heterocycles. The van der Waals surface area contributed by atoms with Gasteiger partial charge in [0.25, 0.3) is 5.91 Å². The summed E-state index contributed by atoms with van der Waals surface area (Å²) in [5, 5.41) is 2.74. The summed E-state index contributed by atoms with van der Waals surface area (Å²) in [7, 11) is 1.57. The predicted molar refractivity (Wildman–Crippen MR) is 68.2 cm³/mol. The van der Waals surface area contributed by atoms with Gasteiger partial charge in [-0.3, -0.25) is 4.79 Å². The number of anilines is 1. The Morgan fingerprint density at radius 1 is 1.26 bits per heavy atom. The van der Waals surface area contributed by atoms with Crippen LogP contribution < -0.4 is 5.32 Å². The van der Waals surface area contributed by atoms with Crippen LogP contribution in [0.3, 0.4) is 0 Å². The molecule has 0 saturated heterocycles. The van der Waals surface area contributed by atoms with Crippen molar-refractivity contribution >= 4 is 11.6 Å². The Labute approximate surface area is 110 Å². The summed E-state index contributed by atoms with van der Waals surface area (Å²) in [6.07, 6.45) is -4.45. The highest BCUT2D eigenvalue weighted by Gasteiger charge is 2.32. The largest absolute Gasteiger partial charge is 0.416 e. The standard InChI is InChI=1S/C13H17F3N2O/c1-4-18(5-2)12(19)10-8-9(13(14,15)16)6-7-11(10)17-3/h6-8,17H,4-5H2,1-3H3. The highest BCUT2D eigenvalue weighted by atomic mass is 19.4. The van der Waals surface area contributed by atoms with Crippen LogP contribution >= 0.6 is 0 Å². The number of rotatable bonds is 4. The molecule has 0 aliphatic carbocycles. The predicted octanol–water partition coefficient (Wildman–Crippen LogP) is 3.23. The van der Waals surface area contributed by atoms with Crippen molar-refractivity contribution in [2.24, 2.45) is 0 Å². The Hall–Kier alpha value is -1.72. The first kappa shape index (κ1) is 15.3. The van der Waals surface area contributed by atoms with Crippen molar-refractivity contribution in [3.63, 3.8) is 0 Å². The second-order valence-electron chi connectivity index (χ2n) is 3.99. The average Bonchev–Trinajstić information content (AvgIpc) is 2.38. The number of hydrogen-bond acceptors (Lipinski definition) is 2. The van der Waals surface area contributed by atoms with E-state index >= 15 is 0 Å². The van der Waals surface area contributed by atoms with Gasteiger partial charge in [0.05, 0.1) is 11.1 Å².